The number of carbonyl (C=O) groups excluding carboxylic acids is 1. The van der Waals surface area contributed by atoms with E-state index in [0.717, 1.165) is 19.3 Å². The molecule has 0 aliphatic carbocycles. The van der Waals surface area contributed by atoms with Crippen LogP contribution in [0, 0.1) is 11.8 Å². The average Bonchev–Trinajstić information content (AvgIpc) is 2.47. The van der Waals surface area contributed by atoms with Gasteiger partial charge in [0.25, 0.3) is 0 Å². The van der Waals surface area contributed by atoms with Gasteiger partial charge < -0.3 is 0 Å². The van der Waals surface area contributed by atoms with Gasteiger partial charge in [-0.3, -0.25) is 4.79 Å². The van der Waals surface area contributed by atoms with Gasteiger partial charge in [-0.15, -0.1) is 5.73 Å². The second-order valence-electron chi connectivity index (χ2n) is 4.38. The molecule has 1 nitrogen and oxygen atoms in total. The Morgan fingerprint density at radius 1 is 1.20 bits per heavy atom. The number of Topliss-reactive ketones (excluding diaryl/α,β-unsaturated/α-hetero) is 1. The second-order valence-corrected chi connectivity index (χ2v) is 4.38. The van der Waals surface area contributed by atoms with Crippen molar-refractivity contribution in [2.45, 2.75) is 32.1 Å². The first-order valence-corrected chi connectivity index (χ1v) is 6.90. The Bertz CT molecular complexity index is 534. The minimum atomic E-state index is -0.00340. The summed E-state index contributed by atoms with van der Waals surface area (Å²) >= 11 is 0. The number of unbranched alkanes of at least 4 members (excludes halogenated alkanes) is 2. The zero-order chi connectivity index (χ0) is 14.5. The fourth-order valence-corrected chi connectivity index (χ4v) is 1.62. The van der Waals surface area contributed by atoms with Gasteiger partial charge in [-0.05, 0) is 36.8 Å². The van der Waals surface area contributed by atoms with Crippen molar-refractivity contribution in [2.75, 3.05) is 0 Å². The molecule has 0 radical (unpaired) electrons. The van der Waals surface area contributed by atoms with Crippen LogP contribution in [0.3, 0.4) is 0 Å². The predicted octanol–water partition coefficient (Wildman–Crippen LogP) is 4.56. The molecule has 0 bridgehead atoms. The molecule has 0 fully saturated rings. The number of benzene rings is 1. The van der Waals surface area contributed by atoms with Gasteiger partial charge in [-0.25, -0.2) is 0 Å². The molecule has 20 heavy (non-hydrogen) atoms. The van der Waals surface area contributed by atoms with Crippen molar-refractivity contribution in [3.8, 4) is 11.8 Å². The smallest absolute Gasteiger partial charge is 0.205 e. The van der Waals surface area contributed by atoms with Gasteiger partial charge in [-0.2, -0.15) is 0 Å². The Balaban J connectivity index is 2.14. The Labute approximate surface area is 121 Å². The fraction of sp³-hybridized carbons (Fsp3) is 0.263. The highest BCUT2D eigenvalue weighted by atomic mass is 16.1. The standard InChI is InChI=1S/C19H20O/c1-2-3-8-16-19(20)17-12-6-4-5-9-13-18-14-10-7-11-15-18/h3,7,9-11,13-15H,1,4-6,8,16H2/b13-9+. The van der Waals surface area contributed by atoms with Crippen LogP contribution in [-0.4, -0.2) is 5.78 Å². The van der Waals surface area contributed by atoms with Crippen LogP contribution in [0.25, 0.3) is 6.08 Å². The molecule has 1 aromatic rings. The molecule has 102 valence electrons. The molecule has 1 heteroatoms. The quantitative estimate of drug-likeness (QED) is 0.305. The molecule has 0 aromatic heterocycles. The van der Waals surface area contributed by atoms with Gasteiger partial charge in [-0.1, -0.05) is 55.0 Å². The summed E-state index contributed by atoms with van der Waals surface area (Å²) < 4.78 is 0. The second kappa shape index (κ2) is 10.6. The van der Waals surface area contributed by atoms with Gasteiger partial charge in [0, 0.05) is 12.8 Å². The Morgan fingerprint density at radius 2 is 2.00 bits per heavy atom. The maximum atomic E-state index is 11.3. The van der Waals surface area contributed by atoms with E-state index < -0.39 is 0 Å². The maximum Gasteiger partial charge on any atom is 0.205 e. The summed E-state index contributed by atoms with van der Waals surface area (Å²) in [5.74, 6) is 5.59. The SMILES string of the molecule is C=C=CCCC(=O)C#CCCC/C=C/c1ccccc1. The highest BCUT2D eigenvalue weighted by Gasteiger charge is 1.92. The van der Waals surface area contributed by atoms with Crippen molar-refractivity contribution >= 4 is 11.9 Å². The van der Waals surface area contributed by atoms with E-state index in [4.69, 9.17) is 0 Å². The minimum absolute atomic E-state index is 0.00340. The van der Waals surface area contributed by atoms with Crippen molar-refractivity contribution < 1.29 is 4.79 Å². The van der Waals surface area contributed by atoms with Crippen LogP contribution in [-0.2, 0) is 4.79 Å². The highest BCUT2D eigenvalue weighted by Crippen LogP contribution is 2.03. The van der Waals surface area contributed by atoms with E-state index in [1.807, 2.05) is 18.2 Å². The summed E-state index contributed by atoms with van der Waals surface area (Å²) in [7, 11) is 0. The lowest BCUT2D eigenvalue weighted by molar-refractivity contribution is -0.113. The molecule has 0 atom stereocenters. The molecule has 0 saturated carbocycles. The van der Waals surface area contributed by atoms with E-state index in [0.29, 0.717) is 12.8 Å². The van der Waals surface area contributed by atoms with Gasteiger partial charge in [0.05, 0.1) is 0 Å². The molecule has 1 rings (SSSR count). The fourth-order valence-electron chi connectivity index (χ4n) is 1.62. The van der Waals surface area contributed by atoms with Crippen molar-refractivity contribution in [1.29, 1.82) is 0 Å². The van der Waals surface area contributed by atoms with E-state index >= 15 is 0 Å². The zero-order valence-electron chi connectivity index (χ0n) is 11.8. The van der Waals surface area contributed by atoms with E-state index in [1.165, 1.54) is 5.56 Å². The first-order chi connectivity index (χ1) is 9.83. The van der Waals surface area contributed by atoms with E-state index in [2.05, 4.69) is 48.4 Å². The molecular formula is C19H20O. The lowest BCUT2D eigenvalue weighted by Gasteiger charge is -1.91. The van der Waals surface area contributed by atoms with Gasteiger partial charge in [0.15, 0.2) is 0 Å². The Kier molecular flexibility index (Phi) is 8.37. The van der Waals surface area contributed by atoms with Crippen LogP contribution in [0.2, 0.25) is 0 Å². The zero-order valence-corrected chi connectivity index (χ0v) is 11.8. The first-order valence-electron chi connectivity index (χ1n) is 6.90. The molecule has 0 heterocycles. The van der Waals surface area contributed by atoms with Crippen LogP contribution < -0.4 is 0 Å². The summed E-state index contributed by atoms with van der Waals surface area (Å²) in [5.41, 5.74) is 3.86. The lowest BCUT2D eigenvalue weighted by Crippen LogP contribution is -1.91. The number of rotatable bonds is 7. The summed E-state index contributed by atoms with van der Waals surface area (Å²) in [6, 6.07) is 10.2. The molecule has 1 aromatic carbocycles. The van der Waals surface area contributed by atoms with E-state index in [9.17, 15) is 4.79 Å². The van der Waals surface area contributed by atoms with E-state index in [-0.39, 0.29) is 5.78 Å². The average molecular weight is 264 g/mol. The number of carbonyl (C=O) groups is 1. The van der Waals surface area contributed by atoms with Crippen molar-refractivity contribution in [2.24, 2.45) is 0 Å². The summed E-state index contributed by atoms with van der Waals surface area (Å²) in [6.45, 7) is 3.45. The number of allylic oxidation sites excluding steroid dienone is 2. The maximum absolute atomic E-state index is 11.3. The number of hydrogen-bond donors (Lipinski definition) is 0. The Morgan fingerprint density at radius 3 is 2.75 bits per heavy atom. The van der Waals surface area contributed by atoms with Crippen LogP contribution in [0.5, 0.6) is 0 Å². The minimum Gasteiger partial charge on any atom is -0.285 e. The summed E-state index contributed by atoms with van der Waals surface area (Å²) in [4.78, 5) is 11.3. The monoisotopic (exact) mass is 264 g/mol. The third-order valence-corrected chi connectivity index (χ3v) is 2.67. The first kappa shape index (κ1) is 15.8. The molecule has 0 aliphatic rings. The van der Waals surface area contributed by atoms with Crippen LogP contribution in [0.4, 0.5) is 0 Å². The predicted molar refractivity (Wildman–Crippen MR) is 85.1 cm³/mol. The third kappa shape index (κ3) is 7.93. The van der Waals surface area contributed by atoms with Gasteiger partial charge in [0.2, 0.25) is 5.78 Å². The van der Waals surface area contributed by atoms with Gasteiger partial charge >= 0.3 is 0 Å². The summed E-state index contributed by atoms with van der Waals surface area (Å²) in [5, 5.41) is 0. The molecule has 0 N–H and O–H groups in total. The molecule has 0 saturated heterocycles. The Hall–Kier alpha value is -2.29. The van der Waals surface area contributed by atoms with E-state index in [1.54, 1.807) is 6.08 Å². The molecule has 0 aliphatic heterocycles. The van der Waals surface area contributed by atoms with Crippen LogP contribution in [0.15, 0.2) is 54.8 Å². The molecular weight excluding hydrogens is 244 g/mol. The molecule has 0 amide bonds. The third-order valence-electron chi connectivity index (χ3n) is 2.67. The lowest BCUT2D eigenvalue weighted by atomic mass is 10.1. The highest BCUT2D eigenvalue weighted by molar-refractivity contribution is 5.95. The van der Waals surface area contributed by atoms with Crippen molar-refractivity contribution in [3.05, 3.63) is 60.4 Å². The number of ketones is 1. The topological polar surface area (TPSA) is 17.1 Å². The van der Waals surface area contributed by atoms with Crippen LogP contribution >= 0.6 is 0 Å². The van der Waals surface area contributed by atoms with Crippen LogP contribution in [0.1, 0.15) is 37.7 Å². The summed E-state index contributed by atoms with van der Waals surface area (Å²) in [6.07, 6.45) is 9.89. The van der Waals surface area contributed by atoms with Crippen molar-refractivity contribution in [3.63, 3.8) is 0 Å². The number of hydrogen-bond acceptors (Lipinski definition) is 1. The molecule has 0 spiro atoms. The van der Waals surface area contributed by atoms with Gasteiger partial charge in [0.1, 0.15) is 0 Å². The van der Waals surface area contributed by atoms with Crippen molar-refractivity contribution in [1.82, 2.24) is 0 Å². The normalized spacial score (nSPS) is 9.60. The molecule has 0 unspecified atom stereocenters. The largest absolute Gasteiger partial charge is 0.285 e.